The molecule has 0 aliphatic rings. The number of thiazole rings is 1. The number of anilines is 1. The quantitative estimate of drug-likeness (QED) is 0.594. The van der Waals surface area contributed by atoms with Crippen LogP contribution < -0.4 is 10.1 Å². The van der Waals surface area contributed by atoms with Gasteiger partial charge in [-0.3, -0.25) is 10.1 Å². The molecule has 0 atom stereocenters. The van der Waals surface area contributed by atoms with E-state index in [9.17, 15) is 4.79 Å². The number of carbonyl (C=O) groups is 1. The van der Waals surface area contributed by atoms with Crippen molar-refractivity contribution in [2.45, 2.75) is 45.9 Å². The van der Waals surface area contributed by atoms with E-state index in [1.165, 1.54) is 11.3 Å². The Bertz CT molecular complexity index is 978. The van der Waals surface area contributed by atoms with E-state index in [-0.39, 0.29) is 12.0 Å². The van der Waals surface area contributed by atoms with Gasteiger partial charge < -0.3 is 14.0 Å². The van der Waals surface area contributed by atoms with Crippen LogP contribution in [0.2, 0.25) is 0 Å². The second-order valence-corrected chi connectivity index (χ2v) is 8.25. The van der Waals surface area contributed by atoms with Crippen LogP contribution in [0.3, 0.4) is 0 Å². The lowest BCUT2D eigenvalue weighted by molar-refractivity contribution is -0.0623. The lowest BCUT2D eigenvalue weighted by atomic mass is 10.1. The minimum atomic E-state index is -0.520. The smallest absolute Gasteiger partial charge is 0.274 e. The first-order valence-electron chi connectivity index (χ1n) is 9.37. The Morgan fingerprint density at radius 2 is 2.14 bits per heavy atom. The first-order chi connectivity index (χ1) is 13.8. The van der Waals surface area contributed by atoms with Crippen molar-refractivity contribution in [3.63, 3.8) is 0 Å². The number of nitrogens with one attached hydrogen (secondary N) is 1. The summed E-state index contributed by atoms with van der Waals surface area (Å²) in [6.07, 6.45) is 3.64. The van der Waals surface area contributed by atoms with Crippen LogP contribution in [0.4, 0.5) is 5.13 Å². The molecule has 1 amide bonds. The Labute approximate surface area is 174 Å². The molecule has 0 aliphatic heterocycles. The highest BCUT2D eigenvalue weighted by molar-refractivity contribution is 7.14. The highest BCUT2D eigenvalue weighted by atomic mass is 32.1. The maximum atomic E-state index is 12.8. The first-order valence-corrected chi connectivity index (χ1v) is 10.3. The fourth-order valence-electron chi connectivity index (χ4n) is 3.03. The zero-order valence-corrected chi connectivity index (χ0v) is 18.1. The van der Waals surface area contributed by atoms with Crippen molar-refractivity contribution in [2.24, 2.45) is 0 Å². The highest BCUT2D eigenvalue weighted by Gasteiger charge is 2.26. The summed E-state index contributed by atoms with van der Waals surface area (Å²) in [5.41, 5.74) is 1.82. The predicted octanol–water partition coefficient (Wildman–Crippen LogP) is 4.31. The van der Waals surface area contributed by atoms with E-state index >= 15 is 0 Å². The highest BCUT2D eigenvalue weighted by Crippen LogP contribution is 2.29. The van der Waals surface area contributed by atoms with E-state index < -0.39 is 5.60 Å². The third kappa shape index (κ3) is 5.21. The Morgan fingerprint density at radius 1 is 1.34 bits per heavy atom. The molecule has 0 spiro atoms. The van der Waals surface area contributed by atoms with Crippen molar-refractivity contribution in [3.05, 3.63) is 59.0 Å². The summed E-state index contributed by atoms with van der Waals surface area (Å²) in [7, 11) is 1.58. The summed E-state index contributed by atoms with van der Waals surface area (Å²) in [6, 6.07) is 7.38. The molecule has 3 aromatic heterocycles. The second-order valence-electron chi connectivity index (χ2n) is 7.40. The number of rotatable bonds is 8. The molecule has 8 heteroatoms. The maximum absolute atomic E-state index is 12.8. The molecule has 0 unspecified atom stereocenters. The minimum Gasteiger partial charge on any atom is -0.481 e. The second kappa shape index (κ2) is 8.75. The van der Waals surface area contributed by atoms with Gasteiger partial charge in [0.25, 0.3) is 5.91 Å². The van der Waals surface area contributed by atoms with Crippen LogP contribution in [-0.2, 0) is 16.9 Å². The average molecular weight is 415 g/mol. The normalized spacial score (nSPS) is 11.7. The van der Waals surface area contributed by atoms with Gasteiger partial charge in [-0.15, -0.1) is 11.3 Å². The molecular weight excluding hydrogens is 388 g/mol. The number of methoxy groups -OCH3 is 1. The first kappa shape index (κ1) is 21.0. The molecule has 0 bridgehead atoms. The van der Waals surface area contributed by atoms with Gasteiger partial charge in [0, 0.05) is 30.4 Å². The zero-order valence-electron chi connectivity index (χ0n) is 17.3. The number of hydrogen-bond acceptors (Lipinski definition) is 6. The predicted molar refractivity (Wildman–Crippen MR) is 114 cm³/mol. The standard InChI is InChI=1S/C21H26N4O3S/c1-14(2)28-21(3,4)17-13-29-20(23-17)24-19(26)16-7-6-10-25(16)12-15-8-9-22-18(11-15)27-5/h6-11,13-14H,12H2,1-5H3,(H,23,24,26). The summed E-state index contributed by atoms with van der Waals surface area (Å²) in [6.45, 7) is 8.46. The molecule has 3 rings (SSSR count). The topological polar surface area (TPSA) is 78.3 Å². The van der Waals surface area contributed by atoms with Crippen molar-refractivity contribution in [1.29, 1.82) is 0 Å². The van der Waals surface area contributed by atoms with Crippen molar-refractivity contribution in [3.8, 4) is 5.88 Å². The molecule has 0 fully saturated rings. The number of carbonyl (C=O) groups excluding carboxylic acids is 1. The summed E-state index contributed by atoms with van der Waals surface area (Å²) in [5, 5.41) is 5.36. The molecule has 154 valence electrons. The summed E-state index contributed by atoms with van der Waals surface area (Å²) >= 11 is 1.39. The molecule has 0 saturated carbocycles. The van der Waals surface area contributed by atoms with Gasteiger partial charge in [0.05, 0.1) is 18.9 Å². The molecule has 29 heavy (non-hydrogen) atoms. The Morgan fingerprint density at radius 3 is 2.86 bits per heavy atom. The van der Waals surface area contributed by atoms with E-state index in [2.05, 4.69) is 15.3 Å². The summed E-state index contributed by atoms with van der Waals surface area (Å²) < 4.78 is 13.0. The van der Waals surface area contributed by atoms with E-state index in [1.807, 2.05) is 62.0 Å². The van der Waals surface area contributed by atoms with Gasteiger partial charge in [-0.05, 0) is 51.5 Å². The van der Waals surface area contributed by atoms with E-state index in [0.29, 0.717) is 23.3 Å². The van der Waals surface area contributed by atoms with Gasteiger partial charge in [-0.1, -0.05) is 0 Å². The summed E-state index contributed by atoms with van der Waals surface area (Å²) in [5.74, 6) is 0.335. The van der Waals surface area contributed by atoms with Crippen molar-refractivity contribution in [2.75, 3.05) is 12.4 Å². The average Bonchev–Trinajstić information content (AvgIpc) is 3.30. The van der Waals surface area contributed by atoms with Gasteiger partial charge in [-0.25, -0.2) is 9.97 Å². The molecule has 0 saturated heterocycles. The number of hydrogen-bond donors (Lipinski definition) is 1. The molecule has 0 aromatic carbocycles. The lowest BCUT2D eigenvalue weighted by Gasteiger charge is -2.25. The van der Waals surface area contributed by atoms with Crippen LogP contribution in [0.5, 0.6) is 5.88 Å². The monoisotopic (exact) mass is 414 g/mol. The molecule has 3 aromatic rings. The lowest BCUT2D eigenvalue weighted by Crippen LogP contribution is -2.26. The van der Waals surface area contributed by atoms with Crippen LogP contribution in [-0.4, -0.2) is 33.7 Å². The van der Waals surface area contributed by atoms with Crippen molar-refractivity contribution < 1.29 is 14.3 Å². The van der Waals surface area contributed by atoms with Gasteiger partial charge in [0.2, 0.25) is 5.88 Å². The molecule has 1 N–H and O–H groups in total. The molecule has 7 nitrogen and oxygen atoms in total. The molecular formula is C21H26N4O3S. The fraction of sp³-hybridized carbons (Fsp3) is 0.381. The SMILES string of the molecule is COc1cc(Cn2cccc2C(=O)Nc2nc(C(C)(C)OC(C)C)cs2)ccn1. The Balaban J connectivity index is 1.72. The van der Waals surface area contributed by atoms with E-state index in [1.54, 1.807) is 19.4 Å². The van der Waals surface area contributed by atoms with Crippen molar-refractivity contribution >= 4 is 22.4 Å². The number of ether oxygens (including phenoxy) is 2. The van der Waals surface area contributed by atoms with Gasteiger partial charge in [-0.2, -0.15) is 0 Å². The minimum absolute atomic E-state index is 0.0832. The van der Waals surface area contributed by atoms with Crippen molar-refractivity contribution in [1.82, 2.24) is 14.5 Å². The van der Waals surface area contributed by atoms with E-state index in [4.69, 9.17) is 9.47 Å². The molecule has 0 aliphatic carbocycles. The van der Waals surface area contributed by atoms with Crippen LogP contribution in [0.15, 0.2) is 42.0 Å². The van der Waals surface area contributed by atoms with Crippen LogP contribution in [0.25, 0.3) is 0 Å². The number of nitrogens with zero attached hydrogens (tertiary/aromatic N) is 3. The number of aromatic nitrogens is 3. The number of amides is 1. The van der Waals surface area contributed by atoms with Gasteiger partial charge in [0.1, 0.15) is 11.3 Å². The Kier molecular flexibility index (Phi) is 6.34. The third-order valence-corrected chi connectivity index (χ3v) is 5.05. The molecule has 0 radical (unpaired) electrons. The summed E-state index contributed by atoms with van der Waals surface area (Å²) in [4.78, 5) is 21.5. The maximum Gasteiger partial charge on any atom is 0.274 e. The number of pyridine rings is 1. The van der Waals surface area contributed by atoms with Crippen LogP contribution in [0, 0.1) is 0 Å². The molecule has 3 heterocycles. The van der Waals surface area contributed by atoms with Crippen LogP contribution in [0.1, 0.15) is 49.4 Å². The van der Waals surface area contributed by atoms with Crippen LogP contribution >= 0.6 is 11.3 Å². The largest absolute Gasteiger partial charge is 0.481 e. The third-order valence-electron chi connectivity index (χ3n) is 4.30. The van der Waals surface area contributed by atoms with Gasteiger partial charge in [0.15, 0.2) is 5.13 Å². The fourth-order valence-corrected chi connectivity index (χ4v) is 3.90. The zero-order chi connectivity index (χ0) is 21.0. The Hall–Kier alpha value is -2.71. The van der Waals surface area contributed by atoms with Gasteiger partial charge >= 0.3 is 0 Å². The van der Waals surface area contributed by atoms with E-state index in [0.717, 1.165) is 11.3 Å².